The summed E-state index contributed by atoms with van der Waals surface area (Å²) < 4.78 is 0. The van der Waals surface area contributed by atoms with Crippen molar-refractivity contribution in [2.45, 2.75) is 49.8 Å². The molecular weight excluding hydrogens is 260 g/mol. The summed E-state index contributed by atoms with van der Waals surface area (Å²) in [5.41, 5.74) is 1.44. The largest absolute Gasteiger partial charge is 0.0839 e. The average Bonchev–Trinajstić information content (AvgIpc) is 2.59. The molecule has 1 unspecified atom stereocenters. The highest BCUT2D eigenvalue weighted by Gasteiger charge is 2.17. The van der Waals surface area contributed by atoms with E-state index >= 15 is 0 Å². The van der Waals surface area contributed by atoms with Crippen LogP contribution in [0.15, 0.2) is 30.3 Å². The number of hydrogen-bond donors (Lipinski definition) is 0. The molecule has 1 atom stereocenters. The summed E-state index contributed by atoms with van der Waals surface area (Å²) in [6.07, 6.45) is 9.98. The van der Waals surface area contributed by atoms with Gasteiger partial charge in [0.2, 0.25) is 0 Å². The van der Waals surface area contributed by atoms with Crippen molar-refractivity contribution in [3.8, 4) is 0 Å². The lowest BCUT2D eigenvalue weighted by Gasteiger charge is -2.18. The van der Waals surface area contributed by atoms with Crippen LogP contribution in [0.2, 0.25) is 0 Å². The maximum Gasteiger partial charge on any atom is 0.0397 e. The third kappa shape index (κ3) is 3.62. The van der Waals surface area contributed by atoms with E-state index in [9.17, 15) is 0 Å². The van der Waals surface area contributed by atoms with E-state index in [-0.39, 0.29) is 0 Å². The molecule has 16 heavy (non-hydrogen) atoms. The summed E-state index contributed by atoms with van der Waals surface area (Å²) in [6, 6.07) is 10.8. The lowest BCUT2D eigenvalue weighted by Crippen LogP contribution is -2.03. The van der Waals surface area contributed by atoms with Crippen LogP contribution in [0, 0.1) is 5.92 Å². The standard InChI is InChI=1S/C15H21Br/c16-15(14-10-6-3-7-11-14)12-13-8-4-1-2-5-9-13/h3,6-7,10-11,13,15H,1-2,4-5,8-9,12H2. The zero-order valence-corrected chi connectivity index (χ0v) is 11.5. The summed E-state index contributed by atoms with van der Waals surface area (Å²) in [6.45, 7) is 0. The molecule has 1 aliphatic carbocycles. The van der Waals surface area contributed by atoms with E-state index in [4.69, 9.17) is 0 Å². The monoisotopic (exact) mass is 280 g/mol. The van der Waals surface area contributed by atoms with E-state index in [0.717, 1.165) is 5.92 Å². The van der Waals surface area contributed by atoms with Gasteiger partial charge in [-0.2, -0.15) is 0 Å². The minimum atomic E-state index is 0.553. The Labute approximate surface area is 108 Å². The van der Waals surface area contributed by atoms with E-state index in [2.05, 4.69) is 46.3 Å². The highest BCUT2D eigenvalue weighted by Crippen LogP contribution is 2.35. The van der Waals surface area contributed by atoms with Gasteiger partial charge in [0.05, 0.1) is 0 Å². The molecule has 1 aromatic carbocycles. The van der Waals surface area contributed by atoms with Crippen molar-refractivity contribution in [1.29, 1.82) is 0 Å². The van der Waals surface area contributed by atoms with E-state index in [1.165, 1.54) is 50.5 Å². The van der Waals surface area contributed by atoms with Crippen molar-refractivity contribution in [3.05, 3.63) is 35.9 Å². The fourth-order valence-corrected chi connectivity index (χ4v) is 3.52. The van der Waals surface area contributed by atoms with Crippen LogP contribution in [-0.4, -0.2) is 0 Å². The van der Waals surface area contributed by atoms with Gasteiger partial charge in [-0.05, 0) is 17.9 Å². The van der Waals surface area contributed by atoms with Gasteiger partial charge in [-0.3, -0.25) is 0 Å². The SMILES string of the molecule is BrC(CC1CCCCCC1)c1ccccc1. The number of rotatable bonds is 3. The topological polar surface area (TPSA) is 0 Å². The molecule has 0 nitrogen and oxygen atoms in total. The second-order valence-corrected chi connectivity index (χ2v) is 6.08. The molecule has 1 aliphatic rings. The van der Waals surface area contributed by atoms with Gasteiger partial charge in [-0.15, -0.1) is 0 Å². The fourth-order valence-electron chi connectivity index (χ4n) is 2.69. The number of hydrogen-bond acceptors (Lipinski definition) is 0. The maximum atomic E-state index is 3.85. The predicted octanol–water partition coefficient (Wildman–Crippen LogP) is 5.48. The van der Waals surface area contributed by atoms with Crippen molar-refractivity contribution in [3.63, 3.8) is 0 Å². The van der Waals surface area contributed by atoms with Crippen LogP contribution in [0.3, 0.4) is 0 Å². The molecule has 2 rings (SSSR count). The zero-order chi connectivity index (χ0) is 11.2. The van der Waals surface area contributed by atoms with Crippen LogP contribution in [-0.2, 0) is 0 Å². The Kier molecular flexibility index (Phi) is 4.90. The molecule has 1 aromatic rings. The highest BCUT2D eigenvalue weighted by atomic mass is 79.9. The van der Waals surface area contributed by atoms with Gasteiger partial charge in [0.15, 0.2) is 0 Å². The van der Waals surface area contributed by atoms with Crippen molar-refractivity contribution < 1.29 is 0 Å². The highest BCUT2D eigenvalue weighted by molar-refractivity contribution is 9.09. The first-order valence-electron chi connectivity index (χ1n) is 6.55. The van der Waals surface area contributed by atoms with E-state index in [0.29, 0.717) is 4.83 Å². The van der Waals surface area contributed by atoms with Crippen molar-refractivity contribution in [2.75, 3.05) is 0 Å². The summed E-state index contributed by atoms with van der Waals surface area (Å²) in [7, 11) is 0. The molecule has 1 saturated carbocycles. The van der Waals surface area contributed by atoms with Gasteiger partial charge < -0.3 is 0 Å². The average molecular weight is 281 g/mol. The minimum absolute atomic E-state index is 0.553. The van der Waals surface area contributed by atoms with Crippen molar-refractivity contribution in [2.24, 2.45) is 5.92 Å². The Bertz CT molecular complexity index is 286. The van der Waals surface area contributed by atoms with Crippen molar-refractivity contribution in [1.82, 2.24) is 0 Å². The molecule has 0 heterocycles. The summed E-state index contributed by atoms with van der Waals surface area (Å²) in [5.74, 6) is 0.937. The lowest BCUT2D eigenvalue weighted by molar-refractivity contribution is 0.427. The Morgan fingerprint density at radius 2 is 1.62 bits per heavy atom. The molecule has 0 aliphatic heterocycles. The first kappa shape index (κ1) is 12.2. The number of benzene rings is 1. The van der Waals surface area contributed by atoms with Gasteiger partial charge in [0.25, 0.3) is 0 Å². The normalized spacial score (nSPS) is 20.3. The Morgan fingerprint density at radius 1 is 1.00 bits per heavy atom. The van der Waals surface area contributed by atoms with Crippen LogP contribution in [0.25, 0.3) is 0 Å². The molecule has 0 spiro atoms. The van der Waals surface area contributed by atoms with Crippen molar-refractivity contribution >= 4 is 15.9 Å². The van der Waals surface area contributed by atoms with Crippen LogP contribution in [0.4, 0.5) is 0 Å². The molecule has 1 heteroatoms. The molecule has 1 fully saturated rings. The minimum Gasteiger partial charge on any atom is -0.0839 e. The molecule has 0 radical (unpaired) electrons. The second kappa shape index (κ2) is 6.44. The molecule has 0 N–H and O–H groups in total. The Balaban J connectivity index is 1.88. The van der Waals surface area contributed by atoms with E-state index < -0.39 is 0 Å². The van der Waals surface area contributed by atoms with E-state index in [1.54, 1.807) is 0 Å². The van der Waals surface area contributed by atoms with Gasteiger partial charge in [0, 0.05) is 4.83 Å². The lowest BCUT2D eigenvalue weighted by atomic mass is 9.93. The molecule has 0 aromatic heterocycles. The Morgan fingerprint density at radius 3 is 2.25 bits per heavy atom. The van der Waals surface area contributed by atoms with Crippen LogP contribution >= 0.6 is 15.9 Å². The fraction of sp³-hybridized carbons (Fsp3) is 0.600. The van der Waals surface area contributed by atoms with Crippen LogP contribution in [0.5, 0.6) is 0 Å². The molecule has 0 bridgehead atoms. The maximum absolute atomic E-state index is 3.85. The van der Waals surface area contributed by atoms with Gasteiger partial charge in [-0.25, -0.2) is 0 Å². The van der Waals surface area contributed by atoms with E-state index in [1.807, 2.05) is 0 Å². The van der Waals surface area contributed by atoms with Gasteiger partial charge >= 0.3 is 0 Å². The molecule has 0 saturated heterocycles. The second-order valence-electron chi connectivity index (χ2n) is 4.97. The molecule has 88 valence electrons. The quantitative estimate of drug-likeness (QED) is 0.508. The van der Waals surface area contributed by atoms with Crippen LogP contribution in [0.1, 0.15) is 55.3 Å². The predicted molar refractivity (Wildman–Crippen MR) is 73.9 cm³/mol. The number of halogens is 1. The first-order chi connectivity index (χ1) is 7.86. The smallest absolute Gasteiger partial charge is 0.0397 e. The van der Waals surface area contributed by atoms with Gasteiger partial charge in [0.1, 0.15) is 0 Å². The summed E-state index contributed by atoms with van der Waals surface area (Å²) in [4.78, 5) is 0.553. The third-order valence-corrected chi connectivity index (χ3v) is 4.58. The number of alkyl halides is 1. The third-order valence-electron chi connectivity index (χ3n) is 3.68. The molecular formula is C15H21Br. The summed E-state index contributed by atoms with van der Waals surface area (Å²) >= 11 is 3.85. The van der Waals surface area contributed by atoms with Gasteiger partial charge in [-0.1, -0.05) is 84.8 Å². The van der Waals surface area contributed by atoms with Crippen LogP contribution < -0.4 is 0 Å². The molecule has 0 amide bonds. The zero-order valence-electron chi connectivity index (χ0n) is 9.87. The first-order valence-corrected chi connectivity index (χ1v) is 7.47. The summed E-state index contributed by atoms with van der Waals surface area (Å²) in [5, 5.41) is 0. The Hall–Kier alpha value is -0.300.